The lowest BCUT2D eigenvalue weighted by Gasteiger charge is -2.41. The van der Waals surface area contributed by atoms with E-state index < -0.39 is 78.5 Å². The number of nitrogens with one attached hydrogen (secondary N) is 1. The summed E-state index contributed by atoms with van der Waals surface area (Å²) in [6, 6.07) is -1.03. The van der Waals surface area contributed by atoms with Gasteiger partial charge in [-0.1, -0.05) is 264 Å². The maximum Gasteiger partial charge on any atom is 0.397 e. The van der Waals surface area contributed by atoms with Gasteiger partial charge >= 0.3 is 10.4 Å². The summed E-state index contributed by atoms with van der Waals surface area (Å²) in [7, 11) is -5.11. The van der Waals surface area contributed by atoms with Crippen molar-refractivity contribution < 1.29 is 57.0 Å². The Hall–Kier alpha value is -0.940. The Morgan fingerprint density at radius 2 is 0.853 bits per heavy atom. The molecule has 0 radical (unpaired) electrons. The third kappa shape index (κ3) is 36.0. The summed E-state index contributed by atoms with van der Waals surface area (Å²) in [6.45, 7) is 3.34. The number of carbonyl (C=O) groups is 1. The predicted molar refractivity (Wildman–Crippen MR) is 275 cm³/mol. The molecule has 0 spiro atoms. The van der Waals surface area contributed by atoms with E-state index in [1.165, 1.54) is 199 Å². The van der Waals surface area contributed by atoms with Gasteiger partial charge in [-0.05, 0) is 12.8 Å². The van der Waals surface area contributed by atoms with Gasteiger partial charge in [0, 0.05) is 0 Å². The topological polar surface area (TPSA) is 212 Å². The highest BCUT2D eigenvalue weighted by atomic mass is 32.3. The summed E-state index contributed by atoms with van der Waals surface area (Å²) < 4.78 is 47.8. The molecule has 0 aliphatic carbocycles. The summed E-state index contributed by atoms with van der Waals surface area (Å²) in [5.41, 5.74) is 0. The number of amides is 1. The second kappa shape index (κ2) is 44.7. The first-order valence-electron chi connectivity index (χ1n) is 28.5. The molecule has 68 heavy (non-hydrogen) atoms. The molecule has 1 aliphatic rings. The Labute approximate surface area is 416 Å². The van der Waals surface area contributed by atoms with Gasteiger partial charge in [0.05, 0.1) is 25.4 Å². The Morgan fingerprint density at radius 1 is 0.529 bits per heavy atom. The first-order valence-corrected chi connectivity index (χ1v) is 29.9. The third-order valence-electron chi connectivity index (χ3n) is 14.0. The highest BCUT2D eigenvalue weighted by Gasteiger charge is 2.48. The highest BCUT2D eigenvalue weighted by molar-refractivity contribution is 7.80. The number of unbranched alkanes of at least 4 members (excludes halogenated alkanes) is 37. The molecule has 1 rings (SSSR count). The van der Waals surface area contributed by atoms with Crippen molar-refractivity contribution in [3.05, 3.63) is 0 Å². The molecule has 13 nitrogen and oxygen atoms in total. The zero-order chi connectivity index (χ0) is 49.9. The maximum absolute atomic E-state index is 13.2. The van der Waals surface area contributed by atoms with Crippen LogP contribution in [-0.4, -0.2) is 107 Å². The lowest BCUT2D eigenvalue weighted by molar-refractivity contribution is -0.298. The molecule has 1 heterocycles. The van der Waals surface area contributed by atoms with E-state index in [4.69, 9.17) is 9.47 Å². The maximum atomic E-state index is 13.2. The number of aliphatic hydroxyl groups excluding tert-OH is 5. The number of hydrogen-bond donors (Lipinski definition) is 7. The van der Waals surface area contributed by atoms with Gasteiger partial charge in [-0.3, -0.25) is 9.35 Å². The molecule has 0 saturated carbocycles. The molecule has 8 unspecified atom stereocenters. The van der Waals surface area contributed by atoms with Crippen molar-refractivity contribution in [1.82, 2.24) is 5.32 Å². The van der Waals surface area contributed by atoms with Crippen LogP contribution in [0.5, 0.6) is 0 Å². The first kappa shape index (κ1) is 65.1. The molecule has 1 fully saturated rings. The van der Waals surface area contributed by atoms with E-state index in [1.54, 1.807) is 0 Å². The van der Waals surface area contributed by atoms with Crippen LogP contribution in [0.3, 0.4) is 0 Å². The van der Waals surface area contributed by atoms with Gasteiger partial charge in [0.1, 0.15) is 30.5 Å². The van der Waals surface area contributed by atoms with Crippen molar-refractivity contribution in [3.8, 4) is 0 Å². The van der Waals surface area contributed by atoms with Crippen LogP contribution in [-0.2, 0) is 28.9 Å². The number of ether oxygens (including phenoxy) is 2. The molecule has 0 aromatic carbocycles. The summed E-state index contributed by atoms with van der Waals surface area (Å²) >= 11 is 0. The van der Waals surface area contributed by atoms with Crippen molar-refractivity contribution in [1.29, 1.82) is 0 Å². The zero-order valence-corrected chi connectivity index (χ0v) is 44.4. The van der Waals surface area contributed by atoms with Gasteiger partial charge in [-0.25, -0.2) is 4.18 Å². The Bertz CT molecular complexity index is 1230. The minimum absolute atomic E-state index is 0.267. The molecule has 0 aromatic rings. The summed E-state index contributed by atoms with van der Waals surface area (Å²) in [6.07, 6.45) is 38.5. The standard InChI is InChI=1S/C54H107NO12S/c1-3-5-7-9-11-13-15-17-19-21-23-25-26-28-30-32-34-36-38-40-42-47(57)46(45-65-54-51(60)52(67-68(62,63)64)50(59)49(44-56)66-54)55-53(61)48(58)43-41-39-37-35-33-31-29-27-24-22-20-18-16-14-12-10-8-6-4-2/h46-52,54,56-60H,3-45H2,1-2H3,(H,55,61)(H,62,63,64). The quantitative estimate of drug-likeness (QED) is 0.0224. The van der Waals surface area contributed by atoms with E-state index in [2.05, 4.69) is 23.3 Å². The fourth-order valence-electron chi connectivity index (χ4n) is 9.53. The van der Waals surface area contributed by atoms with Gasteiger partial charge in [0.25, 0.3) is 0 Å². The van der Waals surface area contributed by atoms with Crippen molar-refractivity contribution in [3.63, 3.8) is 0 Å². The van der Waals surface area contributed by atoms with Crippen LogP contribution in [0.15, 0.2) is 0 Å². The molecule has 0 aromatic heterocycles. The van der Waals surface area contributed by atoms with Crippen molar-refractivity contribution in [2.24, 2.45) is 0 Å². The van der Waals surface area contributed by atoms with E-state index in [9.17, 15) is 43.3 Å². The van der Waals surface area contributed by atoms with Crippen LogP contribution in [0.1, 0.15) is 277 Å². The molecule has 0 bridgehead atoms. The van der Waals surface area contributed by atoms with Gasteiger partial charge in [0.2, 0.25) is 5.91 Å². The Morgan fingerprint density at radius 3 is 1.18 bits per heavy atom. The lowest BCUT2D eigenvalue weighted by atomic mass is 9.99. The van der Waals surface area contributed by atoms with Crippen LogP contribution in [0.25, 0.3) is 0 Å². The van der Waals surface area contributed by atoms with E-state index >= 15 is 0 Å². The molecule has 406 valence electrons. The minimum Gasteiger partial charge on any atom is -0.394 e. The predicted octanol–water partition coefficient (Wildman–Crippen LogP) is 11.9. The second-order valence-corrected chi connectivity index (χ2v) is 21.4. The van der Waals surface area contributed by atoms with Crippen LogP contribution in [0.2, 0.25) is 0 Å². The smallest absolute Gasteiger partial charge is 0.394 e. The van der Waals surface area contributed by atoms with Gasteiger partial charge < -0.3 is 40.3 Å². The second-order valence-electron chi connectivity index (χ2n) is 20.4. The van der Waals surface area contributed by atoms with Crippen LogP contribution >= 0.6 is 0 Å². The molecule has 7 N–H and O–H groups in total. The average molecular weight is 995 g/mol. The van der Waals surface area contributed by atoms with E-state index in [1.807, 2.05) is 0 Å². The largest absolute Gasteiger partial charge is 0.397 e. The number of carbonyl (C=O) groups excluding carboxylic acids is 1. The number of aliphatic hydroxyl groups is 5. The summed E-state index contributed by atoms with van der Waals surface area (Å²) in [5, 5.41) is 55.7. The van der Waals surface area contributed by atoms with E-state index in [-0.39, 0.29) is 6.42 Å². The van der Waals surface area contributed by atoms with Gasteiger partial charge in [-0.2, -0.15) is 8.42 Å². The lowest BCUT2D eigenvalue weighted by Crippen LogP contribution is -2.61. The van der Waals surface area contributed by atoms with Gasteiger partial charge in [0.15, 0.2) is 6.29 Å². The van der Waals surface area contributed by atoms with E-state index in [0.717, 1.165) is 38.5 Å². The molecule has 1 amide bonds. The van der Waals surface area contributed by atoms with E-state index in [0.29, 0.717) is 19.3 Å². The van der Waals surface area contributed by atoms with Crippen molar-refractivity contribution in [2.45, 2.75) is 326 Å². The third-order valence-corrected chi connectivity index (χ3v) is 14.5. The normalized spacial score (nSPS) is 20.1. The summed E-state index contributed by atoms with van der Waals surface area (Å²) in [5.74, 6) is -0.662. The van der Waals surface area contributed by atoms with Crippen LogP contribution in [0, 0.1) is 0 Å². The zero-order valence-electron chi connectivity index (χ0n) is 43.6. The van der Waals surface area contributed by atoms with Crippen molar-refractivity contribution >= 4 is 16.3 Å². The molecule has 14 heteroatoms. The minimum atomic E-state index is -5.11. The Balaban J connectivity index is 2.42. The van der Waals surface area contributed by atoms with Gasteiger partial charge in [-0.15, -0.1) is 0 Å². The molecule has 1 saturated heterocycles. The fourth-order valence-corrected chi connectivity index (χ4v) is 10.0. The fraction of sp³-hybridized carbons (Fsp3) is 0.981. The van der Waals surface area contributed by atoms with Crippen LogP contribution < -0.4 is 5.32 Å². The molecular weight excluding hydrogens is 887 g/mol. The van der Waals surface area contributed by atoms with Crippen LogP contribution in [0.4, 0.5) is 0 Å². The highest BCUT2D eigenvalue weighted by Crippen LogP contribution is 2.26. The SMILES string of the molecule is CCCCCCCCCCCCCCCCCCCCCCC(O)C(COC1OC(CO)C(O)C(OS(=O)(=O)O)C1O)NC(=O)C(O)CCCCCCCCCCCCCCCCCCCCC. The molecular formula is C54H107NO12S. The first-order chi connectivity index (χ1) is 32.9. The number of hydrogen-bond acceptors (Lipinski definition) is 11. The van der Waals surface area contributed by atoms with Crippen molar-refractivity contribution in [2.75, 3.05) is 13.2 Å². The number of rotatable bonds is 50. The molecule has 8 atom stereocenters. The monoisotopic (exact) mass is 994 g/mol. The summed E-state index contributed by atoms with van der Waals surface area (Å²) in [4.78, 5) is 13.2. The Kier molecular flexibility index (Phi) is 42.8. The molecule has 1 aliphatic heterocycles. The average Bonchev–Trinajstić information content (AvgIpc) is 3.31.